The van der Waals surface area contributed by atoms with Gasteiger partial charge in [0, 0.05) is 11.3 Å². The summed E-state index contributed by atoms with van der Waals surface area (Å²) in [5.74, 6) is -10.7. The van der Waals surface area contributed by atoms with Gasteiger partial charge in [-0.15, -0.1) is 0 Å². The molecule has 12 heteroatoms. The minimum absolute atomic E-state index is 0.0809. The molecular formula is C24H24F5N3O4. The minimum Gasteiger partial charge on any atom is -0.372 e. The van der Waals surface area contributed by atoms with Crippen molar-refractivity contribution in [2.45, 2.75) is 44.0 Å². The molecule has 3 rings (SSSR count). The Morgan fingerprint density at radius 2 is 1.58 bits per heavy atom. The van der Waals surface area contributed by atoms with Crippen LogP contribution in [0.4, 0.5) is 27.6 Å². The number of fused-ring (bicyclic) bond motifs is 3. The molecule has 0 bridgehead atoms. The number of amides is 3. The molecule has 1 heterocycles. The minimum atomic E-state index is -6.10. The monoisotopic (exact) mass is 513 g/mol. The summed E-state index contributed by atoms with van der Waals surface area (Å²) >= 11 is 0. The van der Waals surface area contributed by atoms with E-state index in [4.69, 9.17) is 5.73 Å². The van der Waals surface area contributed by atoms with Crippen LogP contribution in [0.2, 0.25) is 0 Å². The number of alkyl halides is 5. The lowest BCUT2D eigenvalue weighted by molar-refractivity contribution is -0.287. The molecule has 2 aromatic rings. The molecule has 2 aromatic carbocycles. The Hall–Kier alpha value is -3.54. The van der Waals surface area contributed by atoms with Crippen molar-refractivity contribution in [3.8, 4) is 11.1 Å². The summed E-state index contributed by atoms with van der Waals surface area (Å²) in [4.78, 5) is 38.8. The highest BCUT2D eigenvalue weighted by Gasteiger charge is 2.61. The van der Waals surface area contributed by atoms with Crippen LogP contribution in [0.5, 0.6) is 0 Å². The molecule has 36 heavy (non-hydrogen) atoms. The number of para-hydroxylation sites is 1. The van der Waals surface area contributed by atoms with Crippen LogP contribution in [0.3, 0.4) is 0 Å². The molecule has 194 valence electrons. The number of carbonyl (C=O) groups excluding carboxylic acids is 3. The predicted octanol–water partition coefficient (Wildman–Crippen LogP) is 3.64. The van der Waals surface area contributed by atoms with E-state index in [0.717, 1.165) is 0 Å². The van der Waals surface area contributed by atoms with Gasteiger partial charge >= 0.3 is 12.1 Å². The van der Waals surface area contributed by atoms with Crippen LogP contribution in [0.1, 0.15) is 31.9 Å². The standard InChI is InChI=1S/C24H24F5N3O4/c1-13(2)11-22(36,20(30)34)21(35)32(12-23(25,26)24(27,28)29)18-16-9-4-3-7-14(16)15-8-5-6-10-17(15)31-19(18)33/h3-10,13,18,36H,11-12H2,1-2H3,(H2,30,34)(H,31,33)/t18-,22+/m0/s1. The maximum Gasteiger partial charge on any atom is 0.455 e. The van der Waals surface area contributed by atoms with Crippen molar-refractivity contribution in [3.63, 3.8) is 0 Å². The first-order chi connectivity index (χ1) is 16.6. The second-order valence-electron chi connectivity index (χ2n) is 8.98. The third kappa shape index (κ3) is 4.90. The first-order valence-corrected chi connectivity index (χ1v) is 10.9. The molecule has 2 atom stereocenters. The Labute approximate surface area is 203 Å². The number of anilines is 1. The lowest BCUT2D eigenvalue weighted by Gasteiger charge is -2.38. The lowest BCUT2D eigenvalue weighted by Crippen LogP contribution is -2.62. The summed E-state index contributed by atoms with van der Waals surface area (Å²) in [6.45, 7) is 0.603. The topological polar surface area (TPSA) is 113 Å². The molecule has 1 aliphatic rings. The number of nitrogens with one attached hydrogen (secondary N) is 1. The number of nitrogens with zero attached hydrogens (tertiary/aromatic N) is 1. The molecule has 3 amide bonds. The SMILES string of the molecule is CC(C)C[C@@](O)(C(N)=O)C(=O)N(CC(F)(F)C(F)(F)F)[C@@H]1C(=O)Nc2ccccc2-c2ccccc21. The van der Waals surface area contributed by atoms with Crippen LogP contribution in [-0.2, 0) is 14.4 Å². The Balaban J connectivity index is 2.26. The van der Waals surface area contributed by atoms with Gasteiger partial charge in [0.15, 0.2) is 0 Å². The number of hydrogen-bond acceptors (Lipinski definition) is 4. The van der Waals surface area contributed by atoms with Gasteiger partial charge in [0.25, 0.3) is 17.7 Å². The number of halogens is 5. The van der Waals surface area contributed by atoms with E-state index < -0.39 is 60.3 Å². The van der Waals surface area contributed by atoms with Crippen LogP contribution in [-0.4, -0.2) is 52.0 Å². The van der Waals surface area contributed by atoms with E-state index in [2.05, 4.69) is 5.32 Å². The van der Waals surface area contributed by atoms with Crippen molar-refractivity contribution in [3.05, 3.63) is 54.1 Å². The summed E-state index contributed by atoms with van der Waals surface area (Å²) in [5, 5.41) is 13.3. The van der Waals surface area contributed by atoms with Crippen LogP contribution in [0.25, 0.3) is 11.1 Å². The third-order valence-electron chi connectivity index (χ3n) is 5.80. The van der Waals surface area contributed by atoms with Crippen LogP contribution < -0.4 is 11.1 Å². The average molecular weight is 513 g/mol. The van der Waals surface area contributed by atoms with Crippen LogP contribution in [0.15, 0.2) is 48.5 Å². The molecule has 0 unspecified atom stereocenters. The number of hydrogen-bond donors (Lipinski definition) is 3. The van der Waals surface area contributed by atoms with E-state index in [1.807, 2.05) is 0 Å². The normalized spacial score (nSPS) is 17.4. The molecule has 0 radical (unpaired) electrons. The Kier molecular flexibility index (Phi) is 7.13. The maximum atomic E-state index is 14.4. The van der Waals surface area contributed by atoms with E-state index >= 15 is 0 Å². The van der Waals surface area contributed by atoms with E-state index in [1.54, 1.807) is 24.3 Å². The van der Waals surface area contributed by atoms with Gasteiger partial charge in [0.2, 0.25) is 5.60 Å². The summed E-state index contributed by atoms with van der Waals surface area (Å²) in [5.41, 5.74) is 2.91. The first-order valence-electron chi connectivity index (χ1n) is 10.9. The van der Waals surface area contributed by atoms with Crippen molar-refractivity contribution < 1.29 is 41.4 Å². The Morgan fingerprint density at radius 3 is 2.14 bits per heavy atom. The van der Waals surface area contributed by atoms with Gasteiger partial charge in [-0.05, 0) is 29.5 Å². The largest absolute Gasteiger partial charge is 0.455 e. The molecule has 0 aliphatic carbocycles. The molecule has 0 saturated heterocycles. The number of aliphatic hydroxyl groups is 1. The van der Waals surface area contributed by atoms with Gasteiger partial charge in [0.1, 0.15) is 6.04 Å². The van der Waals surface area contributed by atoms with E-state index in [1.165, 1.54) is 38.1 Å². The summed E-state index contributed by atoms with van der Waals surface area (Å²) in [6, 6.07) is 9.96. The smallest absolute Gasteiger partial charge is 0.372 e. The fourth-order valence-electron chi connectivity index (χ4n) is 4.17. The molecule has 0 spiro atoms. The van der Waals surface area contributed by atoms with Gasteiger partial charge in [0.05, 0.1) is 6.54 Å². The highest BCUT2D eigenvalue weighted by molar-refractivity contribution is 6.10. The summed E-state index contributed by atoms with van der Waals surface area (Å²) in [6.07, 6.45) is -6.77. The van der Waals surface area contributed by atoms with Gasteiger partial charge in [-0.2, -0.15) is 22.0 Å². The lowest BCUT2D eigenvalue weighted by atomic mass is 9.88. The number of primary amides is 1. The van der Waals surface area contributed by atoms with Crippen molar-refractivity contribution >= 4 is 23.4 Å². The predicted molar refractivity (Wildman–Crippen MR) is 120 cm³/mol. The highest BCUT2D eigenvalue weighted by atomic mass is 19.4. The van der Waals surface area contributed by atoms with Gasteiger partial charge in [-0.1, -0.05) is 56.3 Å². The molecule has 4 N–H and O–H groups in total. The molecule has 0 aromatic heterocycles. The van der Waals surface area contributed by atoms with Gasteiger partial charge in [-0.25, -0.2) is 0 Å². The average Bonchev–Trinajstić information content (AvgIpc) is 2.89. The summed E-state index contributed by atoms with van der Waals surface area (Å²) < 4.78 is 68.4. The zero-order valence-corrected chi connectivity index (χ0v) is 19.3. The molecule has 0 saturated carbocycles. The highest BCUT2D eigenvalue weighted by Crippen LogP contribution is 2.43. The third-order valence-corrected chi connectivity index (χ3v) is 5.80. The van der Waals surface area contributed by atoms with Crippen LogP contribution >= 0.6 is 0 Å². The molecule has 7 nitrogen and oxygen atoms in total. The first kappa shape index (κ1) is 27.1. The van der Waals surface area contributed by atoms with E-state index in [-0.39, 0.29) is 21.7 Å². The van der Waals surface area contributed by atoms with Gasteiger partial charge < -0.3 is 21.1 Å². The number of nitrogens with two attached hydrogens (primary N) is 1. The summed E-state index contributed by atoms with van der Waals surface area (Å²) in [7, 11) is 0. The quantitative estimate of drug-likeness (QED) is 0.388. The van der Waals surface area contributed by atoms with E-state index in [0.29, 0.717) is 5.56 Å². The molecule has 1 aliphatic heterocycles. The van der Waals surface area contributed by atoms with Crippen molar-refractivity contribution in [2.24, 2.45) is 11.7 Å². The Bertz CT molecular complexity index is 1180. The fourth-order valence-corrected chi connectivity index (χ4v) is 4.17. The number of rotatable bonds is 7. The fraction of sp³-hybridized carbons (Fsp3) is 0.375. The van der Waals surface area contributed by atoms with Gasteiger partial charge in [-0.3, -0.25) is 14.4 Å². The van der Waals surface area contributed by atoms with Crippen LogP contribution in [0, 0.1) is 5.92 Å². The zero-order chi connectivity index (χ0) is 27.1. The Morgan fingerprint density at radius 1 is 1.03 bits per heavy atom. The molecule has 0 fully saturated rings. The zero-order valence-electron chi connectivity index (χ0n) is 19.3. The van der Waals surface area contributed by atoms with Crippen molar-refractivity contribution in [1.82, 2.24) is 4.90 Å². The number of carbonyl (C=O) groups is 3. The van der Waals surface area contributed by atoms with Crippen molar-refractivity contribution in [1.29, 1.82) is 0 Å². The molecular weight excluding hydrogens is 489 g/mol. The number of benzene rings is 2. The second-order valence-corrected chi connectivity index (χ2v) is 8.98. The van der Waals surface area contributed by atoms with E-state index in [9.17, 15) is 41.4 Å². The van der Waals surface area contributed by atoms with Crippen molar-refractivity contribution in [2.75, 3.05) is 11.9 Å². The maximum absolute atomic E-state index is 14.4. The second kappa shape index (κ2) is 9.49.